The summed E-state index contributed by atoms with van der Waals surface area (Å²) in [7, 11) is 0. The zero-order chi connectivity index (χ0) is 22.2. The Morgan fingerprint density at radius 3 is 2.19 bits per heavy atom. The Balaban J connectivity index is 1.49. The highest BCUT2D eigenvalue weighted by Crippen LogP contribution is 2.21. The zero-order valence-corrected chi connectivity index (χ0v) is 18.3. The topological polar surface area (TPSA) is 67.4 Å². The first-order valence-electron chi connectivity index (χ1n) is 10.1. The van der Waals surface area contributed by atoms with Crippen molar-refractivity contribution in [3.8, 4) is 5.75 Å². The molecule has 2 N–H and O–H groups in total. The van der Waals surface area contributed by atoms with E-state index in [0.717, 1.165) is 6.42 Å². The van der Waals surface area contributed by atoms with Gasteiger partial charge < -0.3 is 15.4 Å². The molecule has 1 atom stereocenters. The van der Waals surface area contributed by atoms with Crippen molar-refractivity contribution in [3.05, 3.63) is 88.9 Å². The van der Waals surface area contributed by atoms with Crippen molar-refractivity contribution in [3.63, 3.8) is 0 Å². The molecule has 0 saturated heterocycles. The van der Waals surface area contributed by atoms with Gasteiger partial charge in [0, 0.05) is 22.0 Å². The SMILES string of the molecule is CC[C@@H](C)c1ccc(OCC(=O)Nc2ccc(NC(=O)c3cccc(Cl)c3)cc2)cc1. The number of nitrogens with one attached hydrogen (secondary N) is 2. The smallest absolute Gasteiger partial charge is 0.262 e. The number of ether oxygens (including phenoxy) is 1. The summed E-state index contributed by atoms with van der Waals surface area (Å²) in [5, 5.41) is 6.07. The normalized spacial score (nSPS) is 11.5. The maximum atomic E-state index is 12.3. The Labute approximate surface area is 187 Å². The summed E-state index contributed by atoms with van der Waals surface area (Å²) >= 11 is 5.92. The first-order chi connectivity index (χ1) is 14.9. The Bertz CT molecular complexity index is 1030. The molecular formula is C25H25ClN2O3. The van der Waals surface area contributed by atoms with Crippen LogP contribution in [0.15, 0.2) is 72.8 Å². The van der Waals surface area contributed by atoms with Gasteiger partial charge in [0.15, 0.2) is 6.61 Å². The molecule has 0 fully saturated rings. The van der Waals surface area contributed by atoms with Crippen molar-refractivity contribution in [1.82, 2.24) is 0 Å². The minimum Gasteiger partial charge on any atom is -0.484 e. The van der Waals surface area contributed by atoms with E-state index in [2.05, 4.69) is 24.5 Å². The van der Waals surface area contributed by atoms with Crippen LogP contribution in [0.2, 0.25) is 5.02 Å². The highest BCUT2D eigenvalue weighted by Gasteiger charge is 2.08. The third-order valence-corrected chi connectivity index (χ3v) is 5.18. The average Bonchev–Trinajstić information content (AvgIpc) is 2.79. The van der Waals surface area contributed by atoms with Crippen molar-refractivity contribution in [2.24, 2.45) is 0 Å². The van der Waals surface area contributed by atoms with E-state index in [4.69, 9.17) is 16.3 Å². The predicted octanol–water partition coefficient (Wildman–Crippen LogP) is 6.12. The molecule has 160 valence electrons. The molecule has 3 aromatic carbocycles. The van der Waals surface area contributed by atoms with Gasteiger partial charge in [-0.15, -0.1) is 0 Å². The molecule has 0 bridgehead atoms. The molecule has 0 spiro atoms. The van der Waals surface area contributed by atoms with Crippen LogP contribution in [0.5, 0.6) is 5.75 Å². The van der Waals surface area contributed by atoms with Crippen LogP contribution in [0.4, 0.5) is 11.4 Å². The Morgan fingerprint density at radius 2 is 1.58 bits per heavy atom. The van der Waals surface area contributed by atoms with Crippen LogP contribution in [0, 0.1) is 0 Å². The molecule has 3 rings (SSSR count). The summed E-state index contributed by atoms with van der Waals surface area (Å²) < 4.78 is 5.56. The number of rotatable bonds is 8. The van der Waals surface area contributed by atoms with Gasteiger partial charge in [0.2, 0.25) is 0 Å². The average molecular weight is 437 g/mol. The Kier molecular flexibility index (Phi) is 7.68. The minimum absolute atomic E-state index is 0.0874. The third-order valence-electron chi connectivity index (χ3n) is 4.94. The quantitative estimate of drug-likeness (QED) is 0.446. The lowest BCUT2D eigenvalue weighted by molar-refractivity contribution is -0.118. The fourth-order valence-electron chi connectivity index (χ4n) is 2.94. The summed E-state index contributed by atoms with van der Waals surface area (Å²) in [5.41, 5.74) is 2.95. The highest BCUT2D eigenvalue weighted by atomic mass is 35.5. The van der Waals surface area contributed by atoms with Crippen LogP contribution in [-0.2, 0) is 4.79 Å². The van der Waals surface area contributed by atoms with Crippen molar-refractivity contribution >= 4 is 34.8 Å². The number of anilines is 2. The Hall–Kier alpha value is -3.31. The lowest BCUT2D eigenvalue weighted by Gasteiger charge is -2.11. The number of carbonyl (C=O) groups is 2. The second-order valence-electron chi connectivity index (χ2n) is 7.26. The van der Waals surface area contributed by atoms with Gasteiger partial charge in [-0.2, -0.15) is 0 Å². The van der Waals surface area contributed by atoms with Crippen LogP contribution in [0.25, 0.3) is 0 Å². The van der Waals surface area contributed by atoms with Crippen LogP contribution < -0.4 is 15.4 Å². The number of hydrogen-bond donors (Lipinski definition) is 2. The molecule has 0 aromatic heterocycles. The van der Waals surface area contributed by atoms with E-state index < -0.39 is 0 Å². The lowest BCUT2D eigenvalue weighted by atomic mass is 9.99. The van der Waals surface area contributed by atoms with Crippen LogP contribution in [0.1, 0.15) is 42.1 Å². The number of amides is 2. The van der Waals surface area contributed by atoms with Crippen molar-refractivity contribution in [2.75, 3.05) is 17.2 Å². The molecule has 0 heterocycles. The molecule has 5 nitrogen and oxygen atoms in total. The largest absolute Gasteiger partial charge is 0.484 e. The predicted molar refractivity (Wildman–Crippen MR) is 125 cm³/mol. The van der Waals surface area contributed by atoms with E-state index in [1.807, 2.05) is 24.3 Å². The van der Waals surface area contributed by atoms with Crippen molar-refractivity contribution < 1.29 is 14.3 Å². The fraction of sp³-hybridized carbons (Fsp3) is 0.200. The molecule has 0 aliphatic rings. The van der Waals surface area contributed by atoms with E-state index in [-0.39, 0.29) is 18.4 Å². The standard InChI is InChI=1S/C25H25ClN2O3/c1-3-17(2)18-7-13-23(14-8-18)31-16-24(29)27-21-9-11-22(12-10-21)28-25(30)19-5-4-6-20(26)15-19/h4-15,17H,3,16H2,1-2H3,(H,27,29)(H,28,30)/t17-/m1/s1. The molecule has 0 radical (unpaired) electrons. The fourth-order valence-corrected chi connectivity index (χ4v) is 3.13. The molecular weight excluding hydrogens is 412 g/mol. The summed E-state index contributed by atoms with van der Waals surface area (Å²) in [5.74, 6) is 0.630. The summed E-state index contributed by atoms with van der Waals surface area (Å²) in [6.07, 6.45) is 1.08. The van der Waals surface area contributed by atoms with Crippen LogP contribution >= 0.6 is 11.6 Å². The molecule has 2 amide bonds. The van der Waals surface area contributed by atoms with Gasteiger partial charge in [-0.05, 0) is 72.5 Å². The monoisotopic (exact) mass is 436 g/mol. The maximum absolute atomic E-state index is 12.3. The lowest BCUT2D eigenvalue weighted by Crippen LogP contribution is -2.20. The molecule has 0 aliphatic carbocycles. The zero-order valence-electron chi connectivity index (χ0n) is 17.5. The number of hydrogen-bond acceptors (Lipinski definition) is 3. The first kappa shape index (κ1) is 22.4. The van der Waals surface area contributed by atoms with Gasteiger partial charge in [0.05, 0.1) is 0 Å². The van der Waals surface area contributed by atoms with E-state index in [1.54, 1.807) is 48.5 Å². The van der Waals surface area contributed by atoms with Crippen molar-refractivity contribution in [1.29, 1.82) is 0 Å². The summed E-state index contributed by atoms with van der Waals surface area (Å²) in [4.78, 5) is 24.4. The number of benzene rings is 3. The van der Waals surface area contributed by atoms with Gasteiger partial charge in [0.25, 0.3) is 11.8 Å². The van der Waals surface area contributed by atoms with Gasteiger partial charge in [-0.3, -0.25) is 9.59 Å². The molecule has 31 heavy (non-hydrogen) atoms. The molecule has 0 saturated carbocycles. The summed E-state index contributed by atoms with van der Waals surface area (Å²) in [6, 6.07) is 21.4. The van der Waals surface area contributed by atoms with E-state index in [1.165, 1.54) is 5.56 Å². The van der Waals surface area contributed by atoms with Crippen LogP contribution in [0.3, 0.4) is 0 Å². The van der Waals surface area contributed by atoms with Gasteiger partial charge in [0.1, 0.15) is 5.75 Å². The number of carbonyl (C=O) groups excluding carboxylic acids is 2. The van der Waals surface area contributed by atoms with E-state index in [9.17, 15) is 9.59 Å². The second kappa shape index (κ2) is 10.6. The van der Waals surface area contributed by atoms with Gasteiger partial charge in [-0.1, -0.05) is 43.6 Å². The molecule has 0 aliphatic heterocycles. The first-order valence-corrected chi connectivity index (χ1v) is 10.5. The van der Waals surface area contributed by atoms with Crippen molar-refractivity contribution in [2.45, 2.75) is 26.2 Å². The summed E-state index contributed by atoms with van der Waals surface area (Å²) in [6.45, 7) is 4.24. The van der Waals surface area contributed by atoms with Crippen LogP contribution in [-0.4, -0.2) is 18.4 Å². The van der Waals surface area contributed by atoms with E-state index in [0.29, 0.717) is 33.6 Å². The second-order valence-corrected chi connectivity index (χ2v) is 7.69. The molecule has 6 heteroatoms. The minimum atomic E-state index is -0.262. The highest BCUT2D eigenvalue weighted by molar-refractivity contribution is 6.31. The molecule has 0 unspecified atom stereocenters. The van der Waals surface area contributed by atoms with Gasteiger partial charge >= 0.3 is 0 Å². The molecule has 3 aromatic rings. The van der Waals surface area contributed by atoms with Gasteiger partial charge in [-0.25, -0.2) is 0 Å². The van der Waals surface area contributed by atoms with E-state index >= 15 is 0 Å². The maximum Gasteiger partial charge on any atom is 0.262 e. The third kappa shape index (κ3) is 6.59. The number of halogens is 1. The Morgan fingerprint density at radius 1 is 0.935 bits per heavy atom.